The number of rotatable bonds is 0. The van der Waals surface area contributed by atoms with Crippen LogP contribution < -0.4 is 0 Å². The van der Waals surface area contributed by atoms with Crippen molar-refractivity contribution in [1.82, 2.24) is 4.98 Å². The van der Waals surface area contributed by atoms with Gasteiger partial charge in [-0.25, -0.2) is 0 Å². The zero-order valence-corrected chi connectivity index (χ0v) is 12.9. The summed E-state index contributed by atoms with van der Waals surface area (Å²) in [5, 5.41) is 5.20. The van der Waals surface area contributed by atoms with Crippen LogP contribution in [0.15, 0.2) is 54.6 Å². The molecular weight excluding hydrogens is 254 g/mol. The molecule has 0 saturated heterocycles. The highest BCUT2D eigenvalue weighted by Crippen LogP contribution is 2.31. The van der Waals surface area contributed by atoms with Crippen LogP contribution in [0.5, 0.6) is 0 Å². The summed E-state index contributed by atoms with van der Waals surface area (Å²) in [5.74, 6) is 0. The van der Waals surface area contributed by atoms with Crippen LogP contribution >= 0.6 is 0 Å². The lowest BCUT2D eigenvalue weighted by molar-refractivity contribution is 1.09. The van der Waals surface area contributed by atoms with E-state index in [4.69, 9.17) is 0 Å². The second-order valence-corrected chi connectivity index (χ2v) is 5.59. The molecule has 1 heterocycles. The normalized spacial score (nSPS) is 10.8. The lowest BCUT2D eigenvalue weighted by atomic mass is 10.1. The minimum Gasteiger partial charge on any atom is -0.354 e. The van der Waals surface area contributed by atoms with E-state index >= 15 is 0 Å². The fourth-order valence-corrected chi connectivity index (χ4v) is 2.76. The smallest absolute Gasteiger partial charge is 0.0544 e. The molecule has 0 amide bonds. The molecule has 0 bridgehead atoms. The Morgan fingerprint density at radius 3 is 2.33 bits per heavy atom. The maximum absolute atomic E-state index is 3.56. The van der Waals surface area contributed by atoms with E-state index < -0.39 is 0 Å². The van der Waals surface area contributed by atoms with Crippen molar-refractivity contribution < 1.29 is 0 Å². The van der Waals surface area contributed by atoms with Gasteiger partial charge in [0.05, 0.1) is 5.52 Å². The maximum Gasteiger partial charge on any atom is 0.0544 e. The first kappa shape index (κ1) is 13.7. The molecule has 1 nitrogen and oxygen atoms in total. The van der Waals surface area contributed by atoms with Gasteiger partial charge in [-0.15, -0.1) is 0 Å². The maximum atomic E-state index is 3.56. The molecular formula is C20H21N. The molecule has 0 fully saturated rings. The quantitative estimate of drug-likeness (QED) is 0.393. The number of hydrogen-bond acceptors (Lipinski definition) is 0. The molecule has 0 aliphatic heterocycles. The van der Waals surface area contributed by atoms with Gasteiger partial charge in [0, 0.05) is 21.7 Å². The second kappa shape index (κ2) is 5.61. The van der Waals surface area contributed by atoms with Gasteiger partial charge in [0.25, 0.3) is 0 Å². The minimum absolute atomic E-state index is 1.22. The zero-order valence-electron chi connectivity index (χ0n) is 12.9. The molecule has 1 N–H and O–H groups in total. The number of fused-ring (bicyclic) bond motifs is 5. The average molecular weight is 275 g/mol. The van der Waals surface area contributed by atoms with Crippen LogP contribution in [0.25, 0.3) is 32.6 Å². The first-order valence-corrected chi connectivity index (χ1v) is 7.64. The van der Waals surface area contributed by atoms with Crippen LogP contribution in [0.1, 0.15) is 25.8 Å². The Balaban J connectivity index is 0.000000409. The van der Waals surface area contributed by atoms with Crippen molar-refractivity contribution >= 4 is 32.6 Å². The van der Waals surface area contributed by atoms with E-state index in [1.165, 1.54) is 44.6 Å². The molecule has 21 heavy (non-hydrogen) atoms. The summed E-state index contributed by atoms with van der Waals surface area (Å²) in [6.07, 6.45) is 1.25. The first-order chi connectivity index (χ1) is 10.2. The first-order valence-electron chi connectivity index (χ1n) is 7.64. The van der Waals surface area contributed by atoms with E-state index in [2.05, 4.69) is 80.4 Å². The molecule has 1 aromatic heterocycles. The van der Waals surface area contributed by atoms with Crippen molar-refractivity contribution in [3.8, 4) is 0 Å². The number of aromatic nitrogens is 1. The summed E-state index contributed by atoms with van der Waals surface area (Å²) in [6.45, 7) is 6.38. The number of benzene rings is 3. The van der Waals surface area contributed by atoms with Gasteiger partial charge in [0.15, 0.2) is 0 Å². The molecule has 0 radical (unpaired) electrons. The SMILES string of the molecule is CCC.Cc1ccc2c(c1)[nH]c1c3ccccc3ccc21. The molecule has 1 heteroatoms. The summed E-state index contributed by atoms with van der Waals surface area (Å²) in [4.78, 5) is 3.56. The van der Waals surface area contributed by atoms with Crippen LogP contribution in [0.4, 0.5) is 0 Å². The van der Waals surface area contributed by atoms with Crippen molar-refractivity contribution in [3.05, 3.63) is 60.2 Å². The summed E-state index contributed by atoms with van der Waals surface area (Å²) in [5.41, 5.74) is 3.76. The molecule has 4 rings (SSSR count). The van der Waals surface area contributed by atoms with Crippen molar-refractivity contribution in [3.63, 3.8) is 0 Å². The van der Waals surface area contributed by atoms with E-state index in [9.17, 15) is 0 Å². The highest BCUT2D eigenvalue weighted by Gasteiger charge is 2.06. The second-order valence-electron chi connectivity index (χ2n) is 5.59. The largest absolute Gasteiger partial charge is 0.354 e. The lowest BCUT2D eigenvalue weighted by Crippen LogP contribution is -1.74. The van der Waals surface area contributed by atoms with Crippen LogP contribution in [0.2, 0.25) is 0 Å². The van der Waals surface area contributed by atoms with Crippen molar-refractivity contribution in [2.75, 3.05) is 0 Å². The molecule has 0 unspecified atom stereocenters. The monoisotopic (exact) mass is 275 g/mol. The third-order valence-corrected chi connectivity index (χ3v) is 3.65. The van der Waals surface area contributed by atoms with Crippen molar-refractivity contribution in [2.24, 2.45) is 0 Å². The van der Waals surface area contributed by atoms with Gasteiger partial charge >= 0.3 is 0 Å². The highest BCUT2D eigenvalue weighted by atomic mass is 14.7. The molecule has 0 atom stereocenters. The molecule has 0 saturated carbocycles. The van der Waals surface area contributed by atoms with E-state index in [0.29, 0.717) is 0 Å². The molecule has 3 aromatic carbocycles. The van der Waals surface area contributed by atoms with Crippen LogP contribution in [-0.2, 0) is 0 Å². The lowest BCUT2D eigenvalue weighted by Gasteiger charge is -1.98. The number of H-pyrrole nitrogens is 1. The van der Waals surface area contributed by atoms with E-state index in [-0.39, 0.29) is 0 Å². The topological polar surface area (TPSA) is 15.8 Å². The van der Waals surface area contributed by atoms with Gasteiger partial charge < -0.3 is 4.98 Å². The van der Waals surface area contributed by atoms with Crippen LogP contribution in [0, 0.1) is 6.92 Å². The summed E-state index contributed by atoms with van der Waals surface area (Å²) in [7, 11) is 0. The number of hydrogen-bond donors (Lipinski definition) is 1. The Morgan fingerprint density at radius 1 is 0.810 bits per heavy atom. The van der Waals surface area contributed by atoms with E-state index in [0.717, 1.165) is 0 Å². The van der Waals surface area contributed by atoms with Crippen molar-refractivity contribution in [1.29, 1.82) is 0 Å². The fraction of sp³-hybridized carbons (Fsp3) is 0.200. The van der Waals surface area contributed by atoms with Gasteiger partial charge in [0.2, 0.25) is 0 Å². The van der Waals surface area contributed by atoms with Gasteiger partial charge in [-0.2, -0.15) is 0 Å². The Hall–Kier alpha value is -2.28. The van der Waals surface area contributed by atoms with E-state index in [1.54, 1.807) is 0 Å². The van der Waals surface area contributed by atoms with Crippen molar-refractivity contribution in [2.45, 2.75) is 27.2 Å². The predicted molar refractivity (Wildman–Crippen MR) is 94.0 cm³/mol. The fourth-order valence-electron chi connectivity index (χ4n) is 2.76. The standard InChI is InChI=1S/C17H13N.C3H8/c1-11-6-8-14-15-9-7-12-4-2-3-5-13(12)17(15)18-16(14)10-11;1-3-2/h2-10,18H,1H3;3H2,1-2H3. The predicted octanol–water partition coefficient (Wildman–Crippen LogP) is 6.20. The molecule has 0 spiro atoms. The Kier molecular flexibility index (Phi) is 3.66. The number of aryl methyl sites for hydroxylation is 1. The number of aromatic amines is 1. The van der Waals surface area contributed by atoms with Gasteiger partial charge in [-0.05, 0) is 23.9 Å². The molecule has 106 valence electrons. The minimum atomic E-state index is 1.22. The zero-order chi connectivity index (χ0) is 14.8. The molecule has 0 aliphatic rings. The molecule has 0 aliphatic carbocycles. The van der Waals surface area contributed by atoms with Gasteiger partial charge in [-0.1, -0.05) is 68.8 Å². The summed E-state index contributed by atoms with van der Waals surface area (Å²) in [6, 6.07) is 19.5. The summed E-state index contributed by atoms with van der Waals surface area (Å²) < 4.78 is 0. The Labute approximate surface area is 125 Å². The third-order valence-electron chi connectivity index (χ3n) is 3.65. The highest BCUT2D eigenvalue weighted by molar-refractivity contribution is 6.16. The number of nitrogens with one attached hydrogen (secondary N) is 1. The Morgan fingerprint density at radius 2 is 1.52 bits per heavy atom. The molecule has 4 aromatic rings. The van der Waals surface area contributed by atoms with E-state index in [1.807, 2.05) is 0 Å². The third kappa shape index (κ3) is 2.40. The van der Waals surface area contributed by atoms with Crippen LogP contribution in [-0.4, -0.2) is 4.98 Å². The van der Waals surface area contributed by atoms with Gasteiger partial charge in [-0.3, -0.25) is 0 Å². The van der Waals surface area contributed by atoms with Crippen LogP contribution in [0.3, 0.4) is 0 Å². The average Bonchev–Trinajstić information content (AvgIpc) is 2.86. The van der Waals surface area contributed by atoms with Gasteiger partial charge in [0.1, 0.15) is 0 Å². The summed E-state index contributed by atoms with van der Waals surface area (Å²) >= 11 is 0. The Bertz CT molecular complexity index is 900.